The molecule has 0 spiro atoms. The molecule has 16 heavy (non-hydrogen) atoms. The van der Waals surface area contributed by atoms with Crippen molar-refractivity contribution < 1.29 is 0 Å². The number of hydrogen-bond donors (Lipinski definition) is 1. The third-order valence-corrected chi connectivity index (χ3v) is 3.29. The molecule has 1 heterocycles. The summed E-state index contributed by atoms with van der Waals surface area (Å²) in [5.41, 5.74) is 8.18. The van der Waals surface area contributed by atoms with E-state index < -0.39 is 0 Å². The van der Waals surface area contributed by atoms with E-state index in [1.165, 1.54) is 22.3 Å². The van der Waals surface area contributed by atoms with Gasteiger partial charge in [-0.05, 0) is 37.1 Å². The third kappa shape index (κ3) is 2.52. The molecular weight excluding hydrogens is 218 g/mol. The molecule has 0 fully saturated rings. The first-order valence-corrected chi connectivity index (χ1v) is 5.79. The first-order valence-electron chi connectivity index (χ1n) is 4.98. The maximum Gasteiger partial charge on any atom is 0.127 e. The van der Waals surface area contributed by atoms with Gasteiger partial charge in [-0.3, -0.25) is 0 Å². The molecule has 0 saturated heterocycles. The highest BCUT2D eigenvalue weighted by molar-refractivity contribution is 7.99. The summed E-state index contributed by atoms with van der Waals surface area (Å²) < 4.78 is 0. The average Bonchev–Trinajstić information content (AvgIpc) is 2.24. The van der Waals surface area contributed by atoms with E-state index in [1.807, 2.05) is 0 Å². The molecule has 0 aliphatic rings. The van der Waals surface area contributed by atoms with Crippen LogP contribution >= 0.6 is 11.8 Å². The lowest BCUT2D eigenvalue weighted by molar-refractivity contribution is 1.05. The second-order valence-corrected chi connectivity index (χ2v) is 4.72. The van der Waals surface area contributed by atoms with Gasteiger partial charge in [0.2, 0.25) is 0 Å². The maximum absolute atomic E-state index is 5.60. The number of nitrogen functional groups attached to an aromatic ring is 1. The molecule has 0 atom stereocenters. The average molecular weight is 231 g/mol. The number of rotatable bonds is 2. The van der Waals surface area contributed by atoms with Gasteiger partial charge in [0.25, 0.3) is 0 Å². The van der Waals surface area contributed by atoms with E-state index in [9.17, 15) is 0 Å². The number of nitrogens with zero attached hydrogens (tertiary/aromatic N) is 2. The van der Waals surface area contributed by atoms with Crippen LogP contribution < -0.4 is 5.73 Å². The minimum atomic E-state index is 0.501. The fourth-order valence-corrected chi connectivity index (χ4v) is 2.20. The minimum Gasteiger partial charge on any atom is -0.384 e. The largest absolute Gasteiger partial charge is 0.384 e. The Kier molecular flexibility index (Phi) is 3.10. The standard InChI is InChI=1S/C12H13N3S/c1-8-3-4-10(5-9(8)2)16-12-6-11(13)14-7-15-12/h3-7H,1-2H3,(H2,13,14,15). The lowest BCUT2D eigenvalue weighted by Gasteiger charge is -2.04. The molecule has 4 heteroatoms. The molecule has 2 aromatic rings. The van der Waals surface area contributed by atoms with Gasteiger partial charge in [-0.2, -0.15) is 0 Å². The number of aromatic nitrogens is 2. The molecule has 0 aliphatic heterocycles. The zero-order valence-corrected chi connectivity index (χ0v) is 10.1. The number of aryl methyl sites for hydroxylation is 2. The molecule has 0 aliphatic carbocycles. The second-order valence-electron chi connectivity index (χ2n) is 3.63. The maximum atomic E-state index is 5.60. The minimum absolute atomic E-state index is 0.501. The monoisotopic (exact) mass is 231 g/mol. The van der Waals surface area contributed by atoms with Gasteiger partial charge < -0.3 is 5.73 Å². The van der Waals surface area contributed by atoms with Crippen molar-refractivity contribution in [2.75, 3.05) is 5.73 Å². The molecule has 0 radical (unpaired) electrons. The molecule has 0 unspecified atom stereocenters. The van der Waals surface area contributed by atoms with Crippen LogP contribution in [0.2, 0.25) is 0 Å². The van der Waals surface area contributed by atoms with Crippen LogP contribution in [0.3, 0.4) is 0 Å². The van der Waals surface area contributed by atoms with Crippen molar-refractivity contribution in [2.45, 2.75) is 23.8 Å². The third-order valence-electron chi connectivity index (χ3n) is 2.36. The van der Waals surface area contributed by atoms with Crippen LogP contribution in [0, 0.1) is 13.8 Å². The Hall–Kier alpha value is -1.55. The van der Waals surface area contributed by atoms with E-state index in [1.54, 1.807) is 17.8 Å². The van der Waals surface area contributed by atoms with E-state index >= 15 is 0 Å². The van der Waals surface area contributed by atoms with Crippen molar-refractivity contribution >= 4 is 17.6 Å². The topological polar surface area (TPSA) is 51.8 Å². The van der Waals surface area contributed by atoms with Crippen molar-refractivity contribution in [1.29, 1.82) is 0 Å². The molecule has 0 saturated carbocycles. The molecule has 2 N–H and O–H groups in total. The fraction of sp³-hybridized carbons (Fsp3) is 0.167. The lowest BCUT2D eigenvalue weighted by Crippen LogP contribution is -1.91. The lowest BCUT2D eigenvalue weighted by atomic mass is 10.1. The Labute approximate surface area is 99.1 Å². The zero-order valence-electron chi connectivity index (χ0n) is 9.27. The summed E-state index contributed by atoms with van der Waals surface area (Å²) in [6.07, 6.45) is 1.48. The molecule has 2 rings (SSSR count). The summed E-state index contributed by atoms with van der Waals surface area (Å²) in [5, 5.41) is 0.871. The number of anilines is 1. The van der Waals surface area contributed by atoms with Crippen molar-refractivity contribution in [3.63, 3.8) is 0 Å². The van der Waals surface area contributed by atoms with Gasteiger partial charge in [-0.25, -0.2) is 9.97 Å². The van der Waals surface area contributed by atoms with Crippen LogP contribution in [-0.4, -0.2) is 9.97 Å². The zero-order chi connectivity index (χ0) is 11.5. The highest BCUT2D eigenvalue weighted by Crippen LogP contribution is 2.27. The Morgan fingerprint density at radius 1 is 1.06 bits per heavy atom. The Morgan fingerprint density at radius 3 is 2.56 bits per heavy atom. The summed E-state index contributed by atoms with van der Waals surface area (Å²) in [5.74, 6) is 0.501. The predicted octanol–water partition coefficient (Wildman–Crippen LogP) is 2.83. The summed E-state index contributed by atoms with van der Waals surface area (Å²) in [6, 6.07) is 8.13. The summed E-state index contributed by atoms with van der Waals surface area (Å²) in [4.78, 5) is 9.19. The molecule has 0 bridgehead atoms. The normalized spacial score (nSPS) is 10.4. The van der Waals surface area contributed by atoms with E-state index in [2.05, 4.69) is 42.0 Å². The number of nitrogens with two attached hydrogens (primary N) is 1. The second kappa shape index (κ2) is 4.53. The van der Waals surface area contributed by atoms with Gasteiger partial charge in [0.15, 0.2) is 0 Å². The predicted molar refractivity (Wildman–Crippen MR) is 66.5 cm³/mol. The van der Waals surface area contributed by atoms with Crippen LogP contribution in [0.4, 0.5) is 5.82 Å². The first kappa shape index (κ1) is 11.0. The molecule has 1 aromatic heterocycles. The molecular formula is C12H13N3S. The van der Waals surface area contributed by atoms with E-state index in [4.69, 9.17) is 5.73 Å². The smallest absolute Gasteiger partial charge is 0.127 e. The summed E-state index contributed by atoms with van der Waals surface area (Å²) in [7, 11) is 0. The Bertz CT molecular complexity index is 511. The molecule has 0 amide bonds. The Balaban J connectivity index is 2.24. The van der Waals surface area contributed by atoms with Crippen LogP contribution in [0.1, 0.15) is 11.1 Å². The SMILES string of the molecule is Cc1ccc(Sc2cc(N)ncn2)cc1C. The van der Waals surface area contributed by atoms with E-state index in [0.29, 0.717) is 5.82 Å². The van der Waals surface area contributed by atoms with Crippen LogP contribution in [-0.2, 0) is 0 Å². The van der Waals surface area contributed by atoms with Gasteiger partial charge in [0.05, 0.1) is 0 Å². The van der Waals surface area contributed by atoms with Crippen molar-refractivity contribution in [3.05, 3.63) is 41.7 Å². The number of benzene rings is 1. The fourth-order valence-electron chi connectivity index (χ4n) is 1.31. The van der Waals surface area contributed by atoms with Gasteiger partial charge in [0.1, 0.15) is 17.2 Å². The highest BCUT2D eigenvalue weighted by atomic mass is 32.2. The van der Waals surface area contributed by atoms with Crippen molar-refractivity contribution in [2.24, 2.45) is 0 Å². The van der Waals surface area contributed by atoms with Crippen molar-refractivity contribution in [1.82, 2.24) is 9.97 Å². The quantitative estimate of drug-likeness (QED) is 0.807. The molecule has 3 nitrogen and oxygen atoms in total. The van der Waals surface area contributed by atoms with Crippen LogP contribution in [0.15, 0.2) is 40.5 Å². The van der Waals surface area contributed by atoms with Gasteiger partial charge >= 0.3 is 0 Å². The van der Waals surface area contributed by atoms with Gasteiger partial charge in [-0.1, -0.05) is 17.8 Å². The summed E-state index contributed by atoms with van der Waals surface area (Å²) >= 11 is 1.59. The Morgan fingerprint density at radius 2 is 1.88 bits per heavy atom. The number of hydrogen-bond acceptors (Lipinski definition) is 4. The van der Waals surface area contributed by atoms with Crippen LogP contribution in [0.5, 0.6) is 0 Å². The highest BCUT2D eigenvalue weighted by Gasteiger charge is 2.01. The molecule has 82 valence electrons. The molecule has 1 aromatic carbocycles. The summed E-state index contributed by atoms with van der Waals surface area (Å²) in [6.45, 7) is 4.21. The first-order chi connectivity index (χ1) is 7.65. The van der Waals surface area contributed by atoms with Crippen molar-refractivity contribution in [3.8, 4) is 0 Å². The van der Waals surface area contributed by atoms with E-state index in [-0.39, 0.29) is 0 Å². The van der Waals surface area contributed by atoms with Crippen LogP contribution in [0.25, 0.3) is 0 Å². The van der Waals surface area contributed by atoms with E-state index in [0.717, 1.165) is 5.03 Å². The van der Waals surface area contributed by atoms with Gasteiger partial charge in [-0.15, -0.1) is 0 Å². The van der Waals surface area contributed by atoms with Gasteiger partial charge in [0, 0.05) is 11.0 Å².